The number of aromatic nitrogens is 1. The van der Waals surface area contributed by atoms with Crippen LogP contribution in [0.15, 0.2) is 48.8 Å². The van der Waals surface area contributed by atoms with Crippen molar-refractivity contribution in [3.05, 3.63) is 54.4 Å². The molecule has 3 heteroatoms. The minimum atomic E-state index is 0.0375. The summed E-state index contributed by atoms with van der Waals surface area (Å²) in [5.74, 6) is 0. The van der Waals surface area contributed by atoms with Gasteiger partial charge in [-0.25, -0.2) is 0 Å². The number of nitrogens with one attached hydrogen (secondary N) is 1. The molecule has 1 aromatic heterocycles. The van der Waals surface area contributed by atoms with Gasteiger partial charge in [-0.1, -0.05) is 30.3 Å². The summed E-state index contributed by atoms with van der Waals surface area (Å²) in [5, 5.41) is 2.73. The lowest BCUT2D eigenvalue weighted by molar-refractivity contribution is -0.110. The molecule has 0 bridgehead atoms. The van der Waals surface area contributed by atoms with Crippen LogP contribution in [-0.4, -0.2) is 11.4 Å². The van der Waals surface area contributed by atoms with Crippen molar-refractivity contribution in [2.24, 2.45) is 0 Å². The molecule has 0 aliphatic heterocycles. The predicted octanol–water partition coefficient (Wildman–Crippen LogP) is 2.56. The first-order valence-electron chi connectivity index (χ1n) is 5.51. The molecule has 1 atom stereocenters. The zero-order chi connectivity index (χ0) is 12.1. The maximum atomic E-state index is 10.4. The molecule has 0 radical (unpaired) electrons. The number of nitrogens with zero attached hydrogens (tertiary/aromatic N) is 1. The highest BCUT2D eigenvalue weighted by Crippen LogP contribution is 2.20. The summed E-state index contributed by atoms with van der Waals surface area (Å²) >= 11 is 0. The number of hydrogen-bond donors (Lipinski definition) is 1. The van der Waals surface area contributed by atoms with Crippen LogP contribution in [-0.2, 0) is 4.79 Å². The zero-order valence-electron chi connectivity index (χ0n) is 9.63. The van der Waals surface area contributed by atoms with Gasteiger partial charge in [0.05, 0.1) is 6.04 Å². The molecule has 0 aliphatic carbocycles. The van der Waals surface area contributed by atoms with Crippen molar-refractivity contribution >= 4 is 6.41 Å². The standard InChI is InChI=1S/C14H14N2O/c1-11(16-10-17)12-4-6-13(7-5-12)14-3-2-8-15-9-14/h2-11H,1H3,(H,16,17). The largest absolute Gasteiger partial charge is 0.352 e. The number of rotatable bonds is 4. The van der Waals surface area contributed by atoms with E-state index in [9.17, 15) is 4.79 Å². The Labute approximate surface area is 101 Å². The van der Waals surface area contributed by atoms with Crippen LogP contribution < -0.4 is 5.32 Å². The van der Waals surface area contributed by atoms with Gasteiger partial charge in [-0.2, -0.15) is 0 Å². The van der Waals surface area contributed by atoms with E-state index in [4.69, 9.17) is 0 Å². The van der Waals surface area contributed by atoms with Crippen molar-refractivity contribution in [3.8, 4) is 11.1 Å². The summed E-state index contributed by atoms with van der Waals surface area (Å²) in [6.45, 7) is 1.95. The van der Waals surface area contributed by atoms with E-state index in [-0.39, 0.29) is 6.04 Å². The third-order valence-electron chi connectivity index (χ3n) is 2.72. The van der Waals surface area contributed by atoms with Gasteiger partial charge >= 0.3 is 0 Å². The molecule has 1 amide bonds. The van der Waals surface area contributed by atoms with E-state index < -0.39 is 0 Å². The molecule has 2 rings (SSSR count). The second-order valence-electron chi connectivity index (χ2n) is 3.87. The summed E-state index contributed by atoms with van der Waals surface area (Å²) in [6.07, 6.45) is 4.32. The summed E-state index contributed by atoms with van der Waals surface area (Å²) < 4.78 is 0. The van der Waals surface area contributed by atoms with Crippen molar-refractivity contribution in [2.75, 3.05) is 0 Å². The molecule has 0 saturated carbocycles. The topological polar surface area (TPSA) is 42.0 Å². The number of carbonyl (C=O) groups is 1. The molecule has 86 valence electrons. The number of pyridine rings is 1. The molecule has 1 heterocycles. The van der Waals surface area contributed by atoms with E-state index in [2.05, 4.69) is 10.3 Å². The predicted molar refractivity (Wildman–Crippen MR) is 67.3 cm³/mol. The lowest BCUT2D eigenvalue weighted by Crippen LogP contribution is -2.15. The lowest BCUT2D eigenvalue weighted by Gasteiger charge is -2.11. The molecule has 0 saturated heterocycles. The van der Waals surface area contributed by atoms with E-state index in [1.54, 1.807) is 6.20 Å². The van der Waals surface area contributed by atoms with Gasteiger partial charge in [0.2, 0.25) is 6.41 Å². The van der Waals surface area contributed by atoms with Crippen LogP contribution in [0, 0.1) is 0 Å². The van der Waals surface area contributed by atoms with Gasteiger partial charge in [0.15, 0.2) is 0 Å². The molecule has 1 unspecified atom stereocenters. The lowest BCUT2D eigenvalue weighted by atomic mass is 10.0. The van der Waals surface area contributed by atoms with Gasteiger partial charge in [0, 0.05) is 12.4 Å². The molecular formula is C14H14N2O. The highest BCUT2D eigenvalue weighted by atomic mass is 16.1. The van der Waals surface area contributed by atoms with E-state index >= 15 is 0 Å². The number of carbonyl (C=O) groups excluding carboxylic acids is 1. The monoisotopic (exact) mass is 226 g/mol. The Morgan fingerprint density at radius 1 is 1.18 bits per heavy atom. The third kappa shape index (κ3) is 2.69. The molecule has 3 nitrogen and oxygen atoms in total. The average Bonchev–Trinajstić information content (AvgIpc) is 2.40. The maximum Gasteiger partial charge on any atom is 0.207 e. The van der Waals surface area contributed by atoms with Crippen molar-refractivity contribution in [3.63, 3.8) is 0 Å². The Balaban J connectivity index is 2.21. The van der Waals surface area contributed by atoms with E-state index in [0.717, 1.165) is 23.1 Å². The highest BCUT2D eigenvalue weighted by Gasteiger charge is 2.03. The Hall–Kier alpha value is -2.16. The molecule has 1 aromatic carbocycles. The maximum absolute atomic E-state index is 10.4. The fourth-order valence-corrected chi connectivity index (χ4v) is 1.70. The van der Waals surface area contributed by atoms with Crippen LogP contribution in [0.4, 0.5) is 0 Å². The average molecular weight is 226 g/mol. The van der Waals surface area contributed by atoms with E-state index in [1.165, 1.54) is 0 Å². The van der Waals surface area contributed by atoms with Gasteiger partial charge < -0.3 is 5.32 Å². The SMILES string of the molecule is CC(NC=O)c1ccc(-c2cccnc2)cc1. The fraction of sp³-hybridized carbons (Fsp3) is 0.143. The Bertz CT molecular complexity index is 479. The van der Waals surface area contributed by atoms with Crippen LogP contribution in [0.5, 0.6) is 0 Å². The molecule has 0 fully saturated rings. The molecule has 2 aromatic rings. The quantitative estimate of drug-likeness (QED) is 0.814. The van der Waals surface area contributed by atoms with Gasteiger partial charge in [0.1, 0.15) is 0 Å². The van der Waals surface area contributed by atoms with Gasteiger partial charge in [-0.3, -0.25) is 9.78 Å². The molecule has 0 spiro atoms. The molecule has 1 N–H and O–H groups in total. The van der Waals surface area contributed by atoms with E-state index in [0.29, 0.717) is 0 Å². The van der Waals surface area contributed by atoms with Crippen molar-refractivity contribution in [2.45, 2.75) is 13.0 Å². The first-order chi connectivity index (χ1) is 8.31. The van der Waals surface area contributed by atoms with Crippen LogP contribution in [0.3, 0.4) is 0 Å². The summed E-state index contributed by atoms with van der Waals surface area (Å²) in [7, 11) is 0. The second-order valence-corrected chi connectivity index (χ2v) is 3.87. The minimum absolute atomic E-state index is 0.0375. The van der Waals surface area contributed by atoms with Gasteiger partial charge in [0.25, 0.3) is 0 Å². The Morgan fingerprint density at radius 3 is 2.53 bits per heavy atom. The van der Waals surface area contributed by atoms with E-state index in [1.807, 2.05) is 49.5 Å². The van der Waals surface area contributed by atoms with Gasteiger partial charge in [-0.05, 0) is 29.7 Å². The summed E-state index contributed by atoms with van der Waals surface area (Å²) in [4.78, 5) is 14.4. The Morgan fingerprint density at radius 2 is 1.94 bits per heavy atom. The fourth-order valence-electron chi connectivity index (χ4n) is 1.70. The summed E-state index contributed by atoms with van der Waals surface area (Å²) in [5.41, 5.74) is 3.31. The number of amides is 1. The molecule has 0 aliphatic rings. The highest BCUT2D eigenvalue weighted by molar-refractivity contribution is 5.62. The van der Waals surface area contributed by atoms with Crippen molar-refractivity contribution in [1.29, 1.82) is 0 Å². The Kier molecular flexibility index (Phi) is 3.50. The first kappa shape index (κ1) is 11.3. The van der Waals surface area contributed by atoms with Crippen LogP contribution in [0.1, 0.15) is 18.5 Å². The third-order valence-corrected chi connectivity index (χ3v) is 2.72. The smallest absolute Gasteiger partial charge is 0.207 e. The molecule has 17 heavy (non-hydrogen) atoms. The summed E-state index contributed by atoms with van der Waals surface area (Å²) in [6, 6.07) is 12.1. The molecular weight excluding hydrogens is 212 g/mol. The van der Waals surface area contributed by atoms with Crippen LogP contribution in [0.2, 0.25) is 0 Å². The minimum Gasteiger partial charge on any atom is -0.352 e. The normalized spacial score (nSPS) is 11.8. The van der Waals surface area contributed by atoms with Gasteiger partial charge in [-0.15, -0.1) is 0 Å². The second kappa shape index (κ2) is 5.25. The zero-order valence-corrected chi connectivity index (χ0v) is 9.63. The van der Waals surface area contributed by atoms with Crippen molar-refractivity contribution in [1.82, 2.24) is 10.3 Å². The van der Waals surface area contributed by atoms with Crippen LogP contribution >= 0.6 is 0 Å². The first-order valence-corrected chi connectivity index (χ1v) is 5.51. The van der Waals surface area contributed by atoms with Crippen molar-refractivity contribution < 1.29 is 4.79 Å². The van der Waals surface area contributed by atoms with Crippen LogP contribution in [0.25, 0.3) is 11.1 Å². The number of hydrogen-bond acceptors (Lipinski definition) is 2. The number of benzene rings is 1.